The molecule has 1 saturated heterocycles. The summed E-state index contributed by atoms with van der Waals surface area (Å²) in [5.41, 5.74) is -0.988. The van der Waals surface area contributed by atoms with Crippen molar-refractivity contribution in [3.05, 3.63) is 28.8 Å². The van der Waals surface area contributed by atoms with Gasteiger partial charge in [0.05, 0.1) is 10.3 Å². The summed E-state index contributed by atoms with van der Waals surface area (Å²) in [6.45, 7) is 4.20. The van der Waals surface area contributed by atoms with Crippen molar-refractivity contribution < 1.29 is 13.5 Å². The number of hydrogen-bond donors (Lipinski definition) is 2. The summed E-state index contributed by atoms with van der Waals surface area (Å²) < 4.78 is 23.7. The molecule has 2 rings (SSSR count). The van der Waals surface area contributed by atoms with Gasteiger partial charge in [0.25, 0.3) is 0 Å². The first kappa shape index (κ1) is 17.0. The molecule has 2 atom stereocenters. The topological polar surface area (TPSA) is 83.6 Å². The second kappa shape index (κ2) is 5.68. The molecule has 0 spiro atoms. The van der Waals surface area contributed by atoms with Gasteiger partial charge in [-0.3, -0.25) is 0 Å². The predicted molar refractivity (Wildman–Crippen MR) is 88.8 cm³/mol. The Kier molecular flexibility index (Phi) is 4.59. The van der Waals surface area contributed by atoms with Crippen molar-refractivity contribution in [3.8, 4) is 0 Å². The lowest BCUT2D eigenvalue weighted by atomic mass is 9.98. The van der Waals surface area contributed by atoms with E-state index < -0.39 is 15.7 Å². The van der Waals surface area contributed by atoms with Gasteiger partial charge in [-0.1, -0.05) is 41.6 Å². The van der Waals surface area contributed by atoms with Gasteiger partial charge in [0, 0.05) is 12.1 Å². The standard InChI is InChI=1S/C12H15ClN2O3S3/c1-3-15-11(19)20-7(2)12(15,16)8-4-5-9(13)10(6-8)21(14,17)18/h4-7,16H,3H2,1-2H3,(H2,14,17,18). The van der Waals surface area contributed by atoms with Crippen LogP contribution in [0, 0.1) is 0 Å². The Morgan fingerprint density at radius 1 is 1.57 bits per heavy atom. The van der Waals surface area contributed by atoms with Crippen molar-refractivity contribution in [1.29, 1.82) is 0 Å². The van der Waals surface area contributed by atoms with Crippen molar-refractivity contribution in [1.82, 2.24) is 4.90 Å². The van der Waals surface area contributed by atoms with E-state index in [9.17, 15) is 13.5 Å². The normalized spacial score (nSPS) is 26.4. The lowest BCUT2D eigenvalue weighted by molar-refractivity contribution is -0.0639. The molecule has 116 valence electrons. The fourth-order valence-corrected chi connectivity index (χ4v) is 5.26. The minimum Gasteiger partial charge on any atom is -0.366 e. The van der Waals surface area contributed by atoms with Crippen LogP contribution in [0.5, 0.6) is 0 Å². The first-order chi connectivity index (χ1) is 9.62. The van der Waals surface area contributed by atoms with E-state index in [0.29, 0.717) is 16.4 Å². The van der Waals surface area contributed by atoms with Gasteiger partial charge < -0.3 is 10.0 Å². The van der Waals surface area contributed by atoms with Crippen molar-refractivity contribution in [2.24, 2.45) is 5.14 Å². The molecule has 1 fully saturated rings. The van der Waals surface area contributed by atoms with E-state index in [0.717, 1.165) is 0 Å². The van der Waals surface area contributed by atoms with Gasteiger partial charge in [-0.05, 0) is 26.0 Å². The zero-order chi connectivity index (χ0) is 16.0. The van der Waals surface area contributed by atoms with Crippen LogP contribution in [-0.4, -0.2) is 34.5 Å². The first-order valence-electron chi connectivity index (χ1n) is 6.15. The van der Waals surface area contributed by atoms with Gasteiger partial charge in [0.1, 0.15) is 9.22 Å². The van der Waals surface area contributed by atoms with Crippen LogP contribution in [0.15, 0.2) is 23.1 Å². The molecule has 1 aromatic carbocycles. The van der Waals surface area contributed by atoms with E-state index >= 15 is 0 Å². The van der Waals surface area contributed by atoms with E-state index in [4.69, 9.17) is 29.0 Å². The number of rotatable bonds is 3. The lowest BCUT2D eigenvalue weighted by Gasteiger charge is -2.36. The molecule has 0 radical (unpaired) electrons. The maximum Gasteiger partial charge on any atom is 0.239 e. The number of thioether (sulfide) groups is 1. The first-order valence-corrected chi connectivity index (χ1v) is 9.37. The molecule has 0 amide bonds. The number of nitrogens with zero attached hydrogens (tertiary/aromatic N) is 1. The smallest absolute Gasteiger partial charge is 0.239 e. The van der Waals surface area contributed by atoms with Crippen LogP contribution < -0.4 is 5.14 Å². The third-order valence-electron chi connectivity index (χ3n) is 3.46. The van der Waals surface area contributed by atoms with E-state index in [1.807, 2.05) is 13.8 Å². The van der Waals surface area contributed by atoms with Crippen LogP contribution in [0.1, 0.15) is 19.4 Å². The van der Waals surface area contributed by atoms with E-state index in [1.165, 1.54) is 23.9 Å². The fraction of sp³-hybridized carbons (Fsp3) is 0.417. The zero-order valence-electron chi connectivity index (χ0n) is 11.4. The lowest BCUT2D eigenvalue weighted by Crippen LogP contribution is -2.47. The number of aliphatic hydroxyl groups is 1. The summed E-state index contributed by atoms with van der Waals surface area (Å²) in [7, 11) is -3.97. The van der Waals surface area contributed by atoms with Crippen LogP contribution in [0.4, 0.5) is 0 Å². The van der Waals surface area contributed by atoms with Crippen molar-refractivity contribution in [2.45, 2.75) is 29.7 Å². The molecule has 1 aliphatic rings. The fourth-order valence-electron chi connectivity index (χ4n) is 2.37. The Morgan fingerprint density at radius 3 is 2.71 bits per heavy atom. The molecule has 0 saturated carbocycles. The third-order valence-corrected chi connectivity index (χ3v) is 6.46. The maximum atomic E-state index is 11.6. The molecule has 1 aliphatic heterocycles. The van der Waals surface area contributed by atoms with E-state index in [-0.39, 0.29) is 15.2 Å². The average molecular weight is 367 g/mol. The Bertz CT molecular complexity index is 695. The van der Waals surface area contributed by atoms with Gasteiger partial charge >= 0.3 is 0 Å². The molecule has 5 nitrogen and oxygen atoms in total. The van der Waals surface area contributed by atoms with E-state index in [2.05, 4.69) is 0 Å². The Labute approximate surface area is 138 Å². The number of halogens is 1. The quantitative estimate of drug-likeness (QED) is 0.794. The molecular weight excluding hydrogens is 352 g/mol. The van der Waals surface area contributed by atoms with Crippen molar-refractivity contribution >= 4 is 49.9 Å². The predicted octanol–water partition coefficient (Wildman–Crippen LogP) is 1.87. The number of nitrogens with two attached hydrogens (primary N) is 1. The summed E-state index contributed by atoms with van der Waals surface area (Å²) in [5.74, 6) is 0. The van der Waals surface area contributed by atoms with Crippen LogP contribution in [-0.2, 0) is 15.7 Å². The van der Waals surface area contributed by atoms with E-state index in [1.54, 1.807) is 11.0 Å². The molecule has 0 bridgehead atoms. The summed E-state index contributed by atoms with van der Waals surface area (Å²) in [6, 6.07) is 4.32. The summed E-state index contributed by atoms with van der Waals surface area (Å²) in [5, 5.41) is 16.0. The van der Waals surface area contributed by atoms with Crippen LogP contribution in [0.25, 0.3) is 0 Å². The molecule has 1 heterocycles. The summed E-state index contributed by atoms with van der Waals surface area (Å²) in [4.78, 5) is 1.45. The molecule has 0 aliphatic carbocycles. The monoisotopic (exact) mass is 366 g/mol. The second-order valence-corrected chi connectivity index (χ2v) is 8.60. The molecule has 2 unspecified atom stereocenters. The van der Waals surface area contributed by atoms with Crippen LogP contribution >= 0.6 is 35.6 Å². The van der Waals surface area contributed by atoms with Gasteiger partial charge in [0.15, 0.2) is 5.72 Å². The molecular formula is C12H15ClN2O3S3. The van der Waals surface area contributed by atoms with Crippen LogP contribution in [0.3, 0.4) is 0 Å². The zero-order valence-corrected chi connectivity index (χ0v) is 14.6. The second-order valence-electron chi connectivity index (χ2n) is 4.69. The highest BCUT2D eigenvalue weighted by molar-refractivity contribution is 8.23. The van der Waals surface area contributed by atoms with Crippen molar-refractivity contribution in [2.75, 3.05) is 6.54 Å². The largest absolute Gasteiger partial charge is 0.366 e. The number of sulfonamides is 1. The maximum absolute atomic E-state index is 11.6. The Morgan fingerprint density at radius 2 is 2.19 bits per heavy atom. The molecule has 3 N–H and O–H groups in total. The molecule has 1 aromatic rings. The number of thiocarbonyl (C=S) groups is 1. The minimum atomic E-state index is -3.97. The van der Waals surface area contributed by atoms with Gasteiger partial charge in [-0.15, -0.1) is 0 Å². The van der Waals surface area contributed by atoms with Crippen molar-refractivity contribution in [3.63, 3.8) is 0 Å². The highest BCUT2D eigenvalue weighted by Gasteiger charge is 2.49. The van der Waals surface area contributed by atoms with Gasteiger partial charge in [-0.25, -0.2) is 13.6 Å². The third kappa shape index (κ3) is 2.80. The minimum absolute atomic E-state index is 0.0220. The number of primary sulfonamides is 1. The molecule has 9 heteroatoms. The van der Waals surface area contributed by atoms with Gasteiger partial charge in [0.2, 0.25) is 10.0 Å². The summed E-state index contributed by atoms with van der Waals surface area (Å²) >= 11 is 12.5. The Hall–Kier alpha value is -0.380. The highest BCUT2D eigenvalue weighted by atomic mass is 35.5. The number of hydrogen-bond acceptors (Lipinski definition) is 5. The SMILES string of the molecule is CCN1C(=S)SC(C)C1(O)c1ccc(Cl)c(S(N)(=O)=O)c1. The summed E-state index contributed by atoms with van der Waals surface area (Å²) in [6.07, 6.45) is 0. The molecule has 21 heavy (non-hydrogen) atoms. The van der Waals surface area contributed by atoms with Crippen LogP contribution in [0.2, 0.25) is 5.02 Å². The Balaban J connectivity index is 2.63. The molecule has 0 aromatic heterocycles. The van der Waals surface area contributed by atoms with Gasteiger partial charge in [-0.2, -0.15) is 0 Å². The highest BCUT2D eigenvalue weighted by Crippen LogP contribution is 2.45. The number of benzene rings is 1. The average Bonchev–Trinajstić information content (AvgIpc) is 2.59.